The molecule has 0 unspecified atom stereocenters. The molecule has 6 aromatic rings. The summed E-state index contributed by atoms with van der Waals surface area (Å²) in [6, 6.07) is 17.7. The number of nitrogens with zero attached hydrogens (tertiary/aromatic N) is 5. The van der Waals surface area contributed by atoms with Gasteiger partial charge >= 0.3 is 0 Å². The first-order chi connectivity index (χ1) is 15.3. The zero-order valence-electron chi connectivity index (χ0n) is 16.0. The van der Waals surface area contributed by atoms with E-state index in [0.29, 0.717) is 33.8 Å². The van der Waals surface area contributed by atoms with E-state index in [0.717, 1.165) is 22.4 Å². The summed E-state index contributed by atoms with van der Waals surface area (Å²) in [5, 5.41) is 7.44. The standard InChI is InChI=1S/C23H14FN7/c24-14-5-3-4-13(12-14)19-20-17(9-11-26-19)28-23(29-20)22-21-18(30-31-22)8-7-16(27-21)15-6-1-2-10-25-15/h1-12H,(H,28,29)(H,30,31). The predicted octanol–water partition coefficient (Wildman–Crippen LogP) is 4.76. The number of H-pyrrole nitrogens is 2. The number of rotatable bonds is 3. The van der Waals surface area contributed by atoms with Crippen LogP contribution in [0.4, 0.5) is 4.39 Å². The Bertz CT molecular complexity index is 1550. The maximum absolute atomic E-state index is 13.8. The maximum atomic E-state index is 13.8. The normalized spacial score (nSPS) is 11.4. The second-order valence-corrected chi connectivity index (χ2v) is 7.03. The monoisotopic (exact) mass is 407 g/mol. The summed E-state index contributed by atoms with van der Waals surface area (Å²) < 4.78 is 13.8. The lowest BCUT2D eigenvalue weighted by atomic mass is 10.1. The zero-order valence-corrected chi connectivity index (χ0v) is 16.0. The lowest BCUT2D eigenvalue weighted by molar-refractivity contribution is 0.628. The number of hydrogen-bond donors (Lipinski definition) is 2. The highest BCUT2D eigenvalue weighted by Gasteiger charge is 2.17. The number of benzene rings is 1. The average molecular weight is 407 g/mol. The number of hydrogen-bond acceptors (Lipinski definition) is 5. The van der Waals surface area contributed by atoms with E-state index in [4.69, 9.17) is 9.97 Å². The Morgan fingerprint density at radius 1 is 0.710 bits per heavy atom. The van der Waals surface area contributed by atoms with Crippen molar-refractivity contribution in [3.8, 4) is 34.2 Å². The van der Waals surface area contributed by atoms with Gasteiger partial charge in [0.2, 0.25) is 0 Å². The van der Waals surface area contributed by atoms with Crippen LogP contribution in [0.15, 0.2) is 73.1 Å². The molecule has 0 aliphatic carbocycles. The van der Waals surface area contributed by atoms with Crippen LogP contribution in [0.3, 0.4) is 0 Å². The van der Waals surface area contributed by atoms with Gasteiger partial charge in [0.25, 0.3) is 0 Å². The Morgan fingerprint density at radius 3 is 2.52 bits per heavy atom. The maximum Gasteiger partial charge on any atom is 0.161 e. The van der Waals surface area contributed by atoms with Gasteiger partial charge in [0, 0.05) is 18.0 Å². The lowest BCUT2D eigenvalue weighted by Crippen LogP contribution is -1.88. The van der Waals surface area contributed by atoms with Crippen LogP contribution in [0, 0.1) is 5.82 Å². The Balaban J connectivity index is 1.52. The van der Waals surface area contributed by atoms with Gasteiger partial charge < -0.3 is 4.98 Å². The summed E-state index contributed by atoms with van der Waals surface area (Å²) in [4.78, 5) is 21.6. The molecular formula is C23H14FN7. The van der Waals surface area contributed by atoms with Crippen LogP contribution >= 0.6 is 0 Å². The van der Waals surface area contributed by atoms with E-state index in [9.17, 15) is 4.39 Å². The Kier molecular flexibility index (Phi) is 3.82. The number of aromatic amines is 2. The van der Waals surface area contributed by atoms with Crippen molar-refractivity contribution in [1.29, 1.82) is 0 Å². The molecule has 0 amide bonds. The highest BCUT2D eigenvalue weighted by atomic mass is 19.1. The molecule has 0 fully saturated rings. The Hall–Kier alpha value is -4.46. The van der Waals surface area contributed by atoms with Crippen molar-refractivity contribution in [2.24, 2.45) is 0 Å². The molecule has 5 aromatic heterocycles. The third-order valence-corrected chi connectivity index (χ3v) is 5.06. The molecule has 31 heavy (non-hydrogen) atoms. The minimum Gasteiger partial charge on any atom is -0.336 e. The molecule has 0 saturated carbocycles. The second kappa shape index (κ2) is 6.81. The molecule has 0 atom stereocenters. The molecule has 2 N–H and O–H groups in total. The van der Waals surface area contributed by atoms with Gasteiger partial charge in [-0.2, -0.15) is 5.10 Å². The van der Waals surface area contributed by atoms with Crippen molar-refractivity contribution in [3.63, 3.8) is 0 Å². The largest absolute Gasteiger partial charge is 0.336 e. The van der Waals surface area contributed by atoms with Crippen molar-refractivity contribution >= 4 is 22.1 Å². The SMILES string of the molecule is Fc1cccc(-c2nccc3[nH]c(-c4n[nH]c5ccc(-c6ccccn6)nc45)nc23)c1. The van der Waals surface area contributed by atoms with Gasteiger partial charge in [0.05, 0.1) is 28.1 Å². The van der Waals surface area contributed by atoms with E-state index in [1.807, 2.05) is 42.5 Å². The van der Waals surface area contributed by atoms with Crippen molar-refractivity contribution < 1.29 is 4.39 Å². The fourth-order valence-corrected chi connectivity index (χ4v) is 3.62. The van der Waals surface area contributed by atoms with Crippen LogP contribution in [-0.4, -0.2) is 35.1 Å². The fraction of sp³-hybridized carbons (Fsp3) is 0. The van der Waals surface area contributed by atoms with Crippen molar-refractivity contribution in [1.82, 2.24) is 35.1 Å². The Morgan fingerprint density at radius 2 is 1.65 bits per heavy atom. The van der Waals surface area contributed by atoms with Gasteiger partial charge in [-0.05, 0) is 42.5 Å². The predicted molar refractivity (Wildman–Crippen MR) is 115 cm³/mol. The molecule has 5 heterocycles. The van der Waals surface area contributed by atoms with Gasteiger partial charge in [-0.25, -0.2) is 14.4 Å². The van der Waals surface area contributed by atoms with Crippen LogP contribution in [-0.2, 0) is 0 Å². The lowest BCUT2D eigenvalue weighted by Gasteiger charge is -2.01. The summed E-state index contributed by atoms with van der Waals surface area (Å²) in [5.74, 6) is 0.231. The number of fused-ring (bicyclic) bond motifs is 2. The summed E-state index contributed by atoms with van der Waals surface area (Å²) in [5.41, 5.74) is 6.26. The van der Waals surface area contributed by atoms with E-state index < -0.39 is 0 Å². The minimum absolute atomic E-state index is 0.323. The summed E-state index contributed by atoms with van der Waals surface area (Å²) in [6.07, 6.45) is 3.41. The Labute approximate surface area is 175 Å². The zero-order chi connectivity index (χ0) is 20.8. The van der Waals surface area contributed by atoms with Crippen molar-refractivity contribution in [3.05, 3.63) is 78.9 Å². The van der Waals surface area contributed by atoms with Crippen LogP contribution < -0.4 is 0 Å². The molecule has 1 aromatic carbocycles. The number of imidazole rings is 1. The van der Waals surface area contributed by atoms with Gasteiger partial charge in [-0.1, -0.05) is 18.2 Å². The van der Waals surface area contributed by atoms with E-state index in [-0.39, 0.29) is 5.82 Å². The number of nitrogens with one attached hydrogen (secondary N) is 2. The molecular weight excluding hydrogens is 393 g/mol. The van der Waals surface area contributed by atoms with E-state index in [2.05, 4.69) is 25.1 Å². The van der Waals surface area contributed by atoms with Gasteiger partial charge in [0.1, 0.15) is 16.9 Å². The summed E-state index contributed by atoms with van der Waals surface area (Å²) in [6.45, 7) is 0. The third-order valence-electron chi connectivity index (χ3n) is 5.06. The topological polar surface area (TPSA) is 96.0 Å². The minimum atomic E-state index is -0.323. The third kappa shape index (κ3) is 2.93. The van der Waals surface area contributed by atoms with E-state index >= 15 is 0 Å². The fourth-order valence-electron chi connectivity index (χ4n) is 3.62. The molecule has 7 nitrogen and oxygen atoms in total. The second-order valence-electron chi connectivity index (χ2n) is 7.03. The first-order valence-corrected chi connectivity index (χ1v) is 9.64. The summed E-state index contributed by atoms with van der Waals surface area (Å²) >= 11 is 0. The molecule has 8 heteroatoms. The van der Waals surface area contributed by atoms with Crippen LogP contribution in [0.25, 0.3) is 56.2 Å². The number of halogens is 1. The molecule has 0 saturated heterocycles. The van der Waals surface area contributed by atoms with Crippen LogP contribution in [0.1, 0.15) is 0 Å². The summed E-state index contributed by atoms with van der Waals surface area (Å²) in [7, 11) is 0. The van der Waals surface area contributed by atoms with Crippen LogP contribution in [0.2, 0.25) is 0 Å². The molecule has 0 aliphatic heterocycles. The van der Waals surface area contributed by atoms with Gasteiger partial charge in [-0.15, -0.1) is 0 Å². The quantitative estimate of drug-likeness (QED) is 0.441. The first kappa shape index (κ1) is 17.4. The molecule has 0 spiro atoms. The smallest absolute Gasteiger partial charge is 0.161 e. The number of aromatic nitrogens is 7. The van der Waals surface area contributed by atoms with Gasteiger partial charge in [-0.3, -0.25) is 15.1 Å². The van der Waals surface area contributed by atoms with Crippen molar-refractivity contribution in [2.45, 2.75) is 0 Å². The molecule has 0 bridgehead atoms. The van der Waals surface area contributed by atoms with Crippen molar-refractivity contribution in [2.75, 3.05) is 0 Å². The van der Waals surface area contributed by atoms with E-state index in [1.165, 1.54) is 12.1 Å². The van der Waals surface area contributed by atoms with E-state index in [1.54, 1.807) is 18.5 Å². The van der Waals surface area contributed by atoms with Gasteiger partial charge in [0.15, 0.2) is 11.5 Å². The van der Waals surface area contributed by atoms with Crippen LogP contribution in [0.5, 0.6) is 0 Å². The highest BCUT2D eigenvalue weighted by molar-refractivity contribution is 5.94. The molecule has 6 rings (SSSR count). The molecule has 148 valence electrons. The number of pyridine rings is 3. The molecule has 0 aliphatic rings. The highest BCUT2D eigenvalue weighted by Crippen LogP contribution is 2.30. The average Bonchev–Trinajstić information content (AvgIpc) is 3.43. The first-order valence-electron chi connectivity index (χ1n) is 9.64. The molecule has 0 radical (unpaired) electrons.